The molecule has 1 aliphatic carbocycles. The summed E-state index contributed by atoms with van der Waals surface area (Å²) in [6.07, 6.45) is 3.33. The van der Waals surface area contributed by atoms with Gasteiger partial charge in [-0.1, -0.05) is 41.5 Å². The summed E-state index contributed by atoms with van der Waals surface area (Å²) in [4.78, 5) is 24.4. The first-order chi connectivity index (χ1) is 10.9. The van der Waals surface area contributed by atoms with Gasteiger partial charge in [0.2, 0.25) is 0 Å². The van der Waals surface area contributed by atoms with Crippen LogP contribution in [0.3, 0.4) is 0 Å². The number of carbonyl (C=O) groups excluding carboxylic acids is 2. The van der Waals surface area contributed by atoms with E-state index in [1.165, 1.54) is 16.9 Å². The van der Waals surface area contributed by atoms with E-state index in [9.17, 15) is 9.59 Å². The molecular formula is C19H28N2O2S. The molecule has 0 saturated carbocycles. The zero-order valence-electron chi connectivity index (χ0n) is 15.6. The van der Waals surface area contributed by atoms with Gasteiger partial charge in [0.05, 0.1) is 23.1 Å². The lowest BCUT2D eigenvalue weighted by Gasteiger charge is -2.17. The Morgan fingerprint density at radius 1 is 1.12 bits per heavy atom. The van der Waals surface area contributed by atoms with E-state index in [1.54, 1.807) is 11.3 Å². The van der Waals surface area contributed by atoms with Crippen LogP contribution in [-0.2, 0) is 17.6 Å². The largest absolute Gasteiger partial charge is 0.390 e. The number of rotatable bonds is 2. The zero-order valence-corrected chi connectivity index (χ0v) is 16.4. The van der Waals surface area contributed by atoms with E-state index >= 15 is 0 Å². The van der Waals surface area contributed by atoms with Crippen LogP contribution in [-0.4, -0.2) is 11.6 Å². The van der Waals surface area contributed by atoms with Gasteiger partial charge in [0, 0.05) is 15.7 Å². The van der Waals surface area contributed by atoms with Crippen molar-refractivity contribution in [2.75, 3.05) is 5.73 Å². The average molecular weight is 349 g/mol. The van der Waals surface area contributed by atoms with Crippen LogP contribution in [0.5, 0.6) is 0 Å². The Morgan fingerprint density at radius 2 is 1.71 bits per heavy atom. The van der Waals surface area contributed by atoms with Crippen LogP contribution in [0.15, 0.2) is 0 Å². The molecule has 0 saturated heterocycles. The standard InChI is InChI=1S/C12H17NOS.C7H11NO/c1-12(2,3)10(14)9-7-5-4-6-8(7)15-11(9)13;1-7(2,3)6(9)4-5-8/h4-6,13H2,1-3H3;4H2,1-3H3. The Balaban J connectivity index is 0.000000277. The maximum absolute atomic E-state index is 12.2. The SMILES string of the molecule is CC(C)(C)C(=O)CC#N.CC(C)(C)C(=O)c1c(N)sc2c1CCC2. The molecule has 1 heterocycles. The van der Waals surface area contributed by atoms with Crippen molar-refractivity contribution in [3.63, 3.8) is 0 Å². The van der Waals surface area contributed by atoms with Crippen molar-refractivity contribution < 1.29 is 9.59 Å². The van der Waals surface area contributed by atoms with E-state index in [2.05, 4.69) is 0 Å². The highest BCUT2D eigenvalue weighted by Crippen LogP contribution is 2.40. The molecule has 0 amide bonds. The zero-order chi connectivity index (χ0) is 18.7. The van der Waals surface area contributed by atoms with Gasteiger partial charge in [-0.2, -0.15) is 5.26 Å². The number of hydrogen-bond donors (Lipinski definition) is 1. The fraction of sp³-hybridized carbons (Fsp3) is 0.632. The molecule has 0 bridgehead atoms. The molecule has 5 heteroatoms. The van der Waals surface area contributed by atoms with Crippen LogP contribution in [0.2, 0.25) is 0 Å². The number of aryl methyl sites for hydroxylation is 1. The van der Waals surface area contributed by atoms with Crippen molar-refractivity contribution in [2.45, 2.75) is 67.2 Å². The molecule has 0 aliphatic heterocycles. The van der Waals surface area contributed by atoms with Gasteiger partial charge in [-0.3, -0.25) is 9.59 Å². The van der Waals surface area contributed by atoms with Crippen LogP contribution < -0.4 is 5.73 Å². The van der Waals surface area contributed by atoms with Crippen LogP contribution in [0, 0.1) is 22.2 Å². The van der Waals surface area contributed by atoms with Crippen LogP contribution >= 0.6 is 11.3 Å². The molecule has 2 rings (SSSR count). The van der Waals surface area contributed by atoms with Gasteiger partial charge in [-0.05, 0) is 24.8 Å². The highest BCUT2D eigenvalue weighted by atomic mass is 32.1. The number of carbonyl (C=O) groups is 2. The molecular weight excluding hydrogens is 320 g/mol. The Kier molecular flexibility index (Phi) is 6.35. The van der Waals surface area contributed by atoms with Crippen LogP contribution in [0.4, 0.5) is 5.00 Å². The lowest BCUT2D eigenvalue weighted by molar-refractivity contribution is -0.125. The minimum atomic E-state index is -0.351. The summed E-state index contributed by atoms with van der Waals surface area (Å²) in [5.74, 6) is 0.199. The number of nitrogen functional groups attached to an aromatic ring is 1. The predicted molar refractivity (Wildman–Crippen MR) is 99.2 cm³/mol. The van der Waals surface area contributed by atoms with E-state index in [0.29, 0.717) is 0 Å². The van der Waals surface area contributed by atoms with E-state index in [1.807, 2.05) is 47.6 Å². The van der Waals surface area contributed by atoms with Gasteiger partial charge >= 0.3 is 0 Å². The van der Waals surface area contributed by atoms with Crippen molar-refractivity contribution in [1.29, 1.82) is 5.26 Å². The average Bonchev–Trinajstić information content (AvgIpc) is 2.96. The smallest absolute Gasteiger partial charge is 0.171 e. The minimum Gasteiger partial charge on any atom is -0.390 e. The van der Waals surface area contributed by atoms with Crippen molar-refractivity contribution in [2.24, 2.45) is 10.8 Å². The first kappa shape index (κ1) is 20.4. The number of nitrogens with two attached hydrogens (primary N) is 1. The monoisotopic (exact) mass is 348 g/mol. The molecule has 4 nitrogen and oxygen atoms in total. The molecule has 24 heavy (non-hydrogen) atoms. The van der Waals surface area contributed by atoms with Crippen molar-refractivity contribution in [3.05, 3.63) is 16.0 Å². The molecule has 0 aromatic carbocycles. The second kappa shape index (κ2) is 7.48. The second-order valence-corrected chi connectivity index (χ2v) is 9.32. The van der Waals surface area contributed by atoms with Gasteiger partial charge in [-0.25, -0.2) is 0 Å². The Labute approximate surface area is 149 Å². The molecule has 0 radical (unpaired) electrons. The molecule has 0 unspecified atom stereocenters. The van der Waals surface area contributed by atoms with E-state index < -0.39 is 0 Å². The number of Topliss-reactive ketones (excluding diaryl/α,β-unsaturated/α-hetero) is 2. The highest BCUT2D eigenvalue weighted by molar-refractivity contribution is 7.16. The van der Waals surface area contributed by atoms with Gasteiger partial charge in [0.1, 0.15) is 0 Å². The van der Waals surface area contributed by atoms with Crippen molar-refractivity contribution >= 4 is 27.9 Å². The number of thiophene rings is 1. The Morgan fingerprint density at radius 3 is 2.12 bits per heavy atom. The van der Waals surface area contributed by atoms with E-state index in [-0.39, 0.29) is 28.8 Å². The molecule has 1 aliphatic rings. The quantitative estimate of drug-likeness (QED) is 0.794. The molecule has 0 spiro atoms. The summed E-state index contributed by atoms with van der Waals surface area (Å²) in [6.45, 7) is 11.3. The molecule has 1 aromatic heterocycles. The van der Waals surface area contributed by atoms with Crippen molar-refractivity contribution in [1.82, 2.24) is 0 Å². The van der Waals surface area contributed by atoms with Crippen LogP contribution in [0.25, 0.3) is 0 Å². The van der Waals surface area contributed by atoms with Gasteiger partial charge in [-0.15, -0.1) is 11.3 Å². The summed E-state index contributed by atoms with van der Waals surface area (Å²) < 4.78 is 0. The number of hydrogen-bond acceptors (Lipinski definition) is 5. The van der Waals surface area contributed by atoms with Gasteiger partial charge in [0.15, 0.2) is 11.6 Å². The molecule has 1 aromatic rings. The Bertz CT molecular complexity index is 667. The van der Waals surface area contributed by atoms with Crippen LogP contribution in [0.1, 0.15) is 75.2 Å². The number of nitriles is 1. The molecule has 0 fully saturated rings. The fourth-order valence-electron chi connectivity index (χ4n) is 2.39. The topological polar surface area (TPSA) is 84.0 Å². The number of fused-ring (bicyclic) bond motifs is 1. The van der Waals surface area contributed by atoms with Gasteiger partial charge < -0.3 is 5.73 Å². The normalized spacial score (nSPS) is 13.5. The van der Waals surface area contributed by atoms with Crippen molar-refractivity contribution in [3.8, 4) is 6.07 Å². The highest BCUT2D eigenvalue weighted by Gasteiger charge is 2.31. The maximum atomic E-state index is 12.2. The molecule has 132 valence electrons. The second-order valence-electron chi connectivity index (χ2n) is 8.18. The third kappa shape index (κ3) is 4.91. The first-order valence-corrected chi connectivity index (χ1v) is 9.06. The summed E-state index contributed by atoms with van der Waals surface area (Å²) in [5, 5.41) is 8.85. The lowest BCUT2D eigenvalue weighted by Crippen LogP contribution is -2.21. The fourth-order valence-corrected chi connectivity index (χ4v) is 3.54. The molecule has 0 atom stereocenters. The minimum absolute atomic E-state index is 0.00463. The predicted octanol–water partition coefficient (Wildman–Crippen LogP) is 4.56. The van der Waals surface area contributed by atoms with E-state index in [0.717, 1.165) is 23.4 Å². The summed E-state index contributed by atoms with van der Waals surface area (Å²) in [6, 6.07) is 1.82. The van der Waals surface area contributed by atoms with Gasteiger partial charge in [0.25, 0.3) is 0 Å². The first-order valence-electron chi connectivity index (χ1n) is 8.24. The van der Waals surface area contributed by atoms with E-state index in [4.69, 9.17) is 11.0 Å². The summed E-state index contributed by atoms with van der Waals surface area (Å²) in [7, 11) is 0. The number of nitrogens with zero attached hydrogens (tertiary/aromatic N) is 1. The lowest BCUT2D eigenvalue weighted by atomic mass is 9.85. The maximum Gasteiger partial charge on any atom is 0.171 e. The Hall–Kier alpha value is -1.67. The third-order valence-electron chi connectivity index (χ3n) is 3.93. The summed E-state index contributed by atoms with van der Waals surface area (Å²) >= 11 is 1.60. The number of anilines is 1. The summed E-state index contributed by atoms with van der Waals surface area (Å²) in [5.41, 5.74) is 7.32. The number of ketones is 2. The molecule has 2 N–H and O–H groups in total. The third-order valence-corrected chi connectivity index (χ3v) is 5.05.